The van der Waals surface area contributed by atoms with Crippen molar-refractivity contribution in [2.24, 2.45) is 0 Å². The van der Waals surface area contributed by atoms with E-state index in [-0.39, 0.29) is 5.60 Å². The lowest BCUT2D eigenvalue weighted by Crippen LogP contribution is -2.53. The van der Waals surface area contributed by atoms with Crippen molar-refractivity contribution in [2.45, 2.75) is 65.0 Å². The quantitative estimate of drug-likeness (QED) is 0.662. The van der Waals surface area contributed by atoms with Crippen LogP contribution in [0.3, 0.4) is 0 Å². The van der Waals surface area contributed by atoms with Crippen LogP contribution in [0.25, 0.3) is 0 Å². The molecule has 1 heterocycles. The first-order valence-corrected chi connectivity index (χ1v) is 8.92. The van der Waals surface area contributed by atoms with Crippen molar-refractivity contribution in [3.63, 3.8) is 0 Å². The molecule has 0 aliphatic carbocycles. The van der Waals surface area contributed by atoms with Gasteiger partial charge < -0.3 is 10.1 Å². The summed E-state index contributed by atoms with van der Waals surface area (Å²) in [6, 6.07) is 4.46. The number of halogens is 1. The first-order chi connectivity index (χ1) is 9.61. The summed E-state index contributed by atoms with van der Waals surface area (Å²) < 4.78 is 7.04. The second-order valence-corrected chi connectivity index (χ2v) is 6.92. The van der Waals surface area contributed by atoms with Crippen LogP contribution in [-0.4, -0.2) is 24.8 Å². The van der Waals surface area contributed by atoms with Gasteiger partial charge in [0.05, 0.1) is 9.94 Å². The van der Waals surface area contributed by atoms with Gasteiger partial charge in [-0.3, -0.25) is 0 Å². The van der Waals surface area contributed by atoms with Crippen LogP contribution in [0.15, 0.2) is 12.1 Å². The molecule has 1 atom stereocenters. The Labute approximate surface area is 132 Å². The fraction of sp³-hybridized carbons (Fsp3) is 0.750. The zero-order valence-corrected chi connectivity index (χ0v) is 14.7. The van der Waals surface area contributed by atoms with Gasteiger partial charge in [0.15, 0.2) is 0 Å². The minimum Gasteiger partial charge on any atom is -0.374 e. The Morgan fingerprint density at radius 3 is 2.40 bits per heavy atom. The highest BCUT2D eigenvalue weighted by Gasteiger charge is 2.36. The van der Waals surface area contributed by atoms with E-state index in [9.17, 15) is 0 Å². The second-order valence-electron chi connectivity index (χ2n) is 5.12. The van der Waals surface area contributed by atoms with E-state index in [1.807, 2.05) is 6.07 Å². The molecule has 1 aromatic rings. The highest BCUT2D eigenvalue weighted by atomic mass is 35.5. The summed E-state index contributed by atoms with van der Waals surface area (Å²) in [5.41, 5.74) is -0.0830. The number of rotatable bonds is 10. The molecule has 0 bridgehead atoms. The first-order valence-electron chi connectivity index (χ1n) is 7.73. The van der Waals surface area contributed by atoms with Crippen molar-refractivity contribution in [2.75, 3.05) is 13.2 Å². The second kappa shape index (κ2) is 9.04. The van der Waals surface area contributed by atoms with Gasteiger partial charge in [-0.15, -0.1) is 11.3 Å². The topological polar surface area (TPSA) is 21.3 Å². The maximum Gasteiger partial charge on any atom is 0.0931 e. The molecular weight excluding hydrogens is 290 g/mol. The van der Waals surface area contributed by atoms with Crippen LogP contribution in [0, 0.1) is 0 Å². The van der Waals surface area contributed by atoms with Crippen LogP contribution < -0.4 is 5.32 Å². The summed E-state index contributed by atoms with van der Waals surface area (Å²) in [4.78, 5) is 1.33. The lowest BCUT2D eigenvalue weighted by molar-refractivity contribution is -0.0716. The van der Waals surface area contributed by atoms with Gasteiger partial charge >= 0.3 is 0 Å². The summed E-state index contributed by atoms with van der Waals surface area (Å²) in [5.74, 6) is 0. The summed E-state index contributed by atoms with van der Waals surface area (Å²) in [7, 11) is 0. The Bertz CT molecular complexity index is 376. The van der Waals surface area contributed by atoms with Crippen molar-refractivity contribution in [3.8, 4) is 0 Å². The zero-order valence-electron chi connectivity index (χ0n) is 13.2. The summed E-state index contributed by atoms with van der Waals surface area (Å²) in [6.07, 6.45) is 4.17. The van der Waals surface area contributed by atoms with Crippen LogP contribution >= 0.6 is 22.9 Å². The van der Waals surface area contributed by atoms with Gasteiger partial charge in [0.25, 0.3) is 0 Å². The molecule has 0 saturated carbocycles. The van der Waals surface area contributed by atoms with Gasteiger partial charge in [-0.1, -0.05) is 32.4 Å². The van der Waals surface area contributed by atoms with Crippen molar-refractivity contribution >= 4 is 22.9 Å². The Kier molecular flexibility index (Phi) is 8.11. The molecular formula is C16H28ClNOS. The highest BCUT2D eigenvalue weighted by molar-refractivity contribution is 7.16. The smallest absolute Gasteiger partial charge is 0.0931 e. The van der Waals surface area contributed by atoms with Gasteiger partial charge in [0, 0.05) is 17.5 Å². The van der Waals surface area contributed by atoms with Gasteiger partial charge in [-0.05, 0) is 51.3 Å². The maximum atomic E-state index is 6.18. The molecule has 1 rings (SSSR count). The summed E-state index contributed by atoms with van der Waals surface area (Å²) >= 11 is 7.73. The predicted octanol–water partition coefficient (Wildman–Crippen LogP) is 4.91. The number of hydrogen-bond acceptors (Lipinski definition) is 3. The molecule has 1 unspecified atom stereocenters. The highest BCUT2D eigenvalue weighted by Crippen LogP contribution is 2.30. The zero-order chi connectivity index (χ0) is 15.0. The molecule has 0 fully saturated rings. The van der Waals surface area contributed by atoms with E-state index < -0.39 is 0 Å². The minimum absolute atomic E-state index is 0.0830. The largest absolute Gasteiger partial charge is 0.374 e. The van der Waals surface area contributed by atoms with Crippen LogP contribution in [-0.2, 0) is 11.2 Å². The monoisotopic (exact) mass is 317 g/mol. The fourth-order valence-corrected chi connectivity index (χ4v) is 3.89. The molecule has 0 aliphatic rings. The van der Waals surface area contributed by atoms with E-state index in [0.717, 1.165) is 43.2 Å². The SMILES string of the molecule is CCCNC(Cc1ccc(Cl)s1)C(CC)(CC)OCC. The molecule has 2 nitrogen and oxygen atoms in total. The van der Waals surface area contributed by atoms with Crippen LogP contribution in [0.2, 0.25) is 4.34 Å². The van der Waals surface area contributed by atoms with Crippen molar-refractivity contribution in [1.82, 2.24) is 5.32 Å². The van der Waals surface area contributed by atoms with E-state index in [4.69, 9.17) is 16.3 Å². The third kappa shape index (κ3) is 4.73. The number of nitrogens with one attached hydrogen (secondary N) is 1. The predicted molar refractivity (Wildman–Crippen MR) is 90.1 cm³/mol. The minimum atomic E-state index is -0.0830. The first kappa shape index (κ1) is 18.0. The van der Waals surface area contributed by atoms with E-state index >= 15 is 0 Å². The summed E-state index contributed by atoms with van der Waals surface area (Å²) in [5, 5.41) is 3.69. The Balaban J connectivity index is 2.89. The molecule has 20 heavy (non-hydrogen) atoms. The molecule has 0 spiro atoms. The third-order valence-electron chi connectivity index (χ3n) is 3.94. The number of ether oxygens (including phenoxy) is 1. The molecule has 0 radical (unpaired) electrons. The molecule has 1 aromatic heterocycles. The van der Waals surface area contributed by atoms with Gasteiger partial charge in [-0.2, -0.15) is 0 Å². The molecule has 0 saturated heterocycles. The van der Waals surface area contributed by atoms with E-state index in [0.29, 0.717) is 6.04 Å². The average Bonchev–Trinajstić information content (AvgIpc) is 2.86. The molecule has 0 aliphatic heterocycles. The maximum absolute atomic E-state index is 6.18. The van der Waals surface area contributed by atoms with E-state index in [1.165, 1.54) is 4.88 Å². The Morgan fingerprint density at radius 2 is 1.95 bits per heavy atom. The van der Waals surface area contributed by atoms with Gasteiger partial charge in [0.1, 0.15) is 0 Å². The Morgan fingerprint density at radius 1 is 1.25 bits per heavy atom. The molecule has 1 N–H and O–H groups in total. The normalized spacial score (nSPS) is 13.7. The lowest BCUT2D eigenvalue weighted by atomic mass is 9.85. The molecule has 4 heteroatoms. The van der Waals surface area contributed by atoms with Gasteiger partial charge in [0.2, 0.25) is 0 Å². The van der Waals surface area contributed by atoms with Crippen LogP contribution in [0.5, 0.6) is 0 Å². The third-order valence-corrected chi connectivity index (χ3v) is 5.19. The number of thiophene rings is 1. The van der Waals surface area contributed by atoms with Crippen LogP contribution in [0.1, 0.15) is 51.8 Å². The number of hydrogen-bond donors (Lipinski definition) is 1. The average molecular weight is 318 g/mol. The van der Waals surface area contributed by atoms with Crippen molar-refractivity contribution in [3.05, 3.63) is 21.3 Å². The Hall–Kier alpha value is -0.0900. The lowest BCUT2D eigenvalue weighted by Gasteiger charge is -2.40. The van der Waals surface area contributed by atoms with E-state index in [1.54, 1.807) is 11.3 Å². The van der Waals surface area contributed by atoms with Gasteiger partial charge in [-0.25, -0.2) is 0 Å². The van der Waals surface area contributed by atoms with Crippen molar-refractivity contribution < 1.29 is 4.74 Å². The molecule has 0 aromatic carbocycles. The van der Waals surface area contributed by atoms with E-state index in [2.05, 4.69) is 39.1 Å². The summed E-state index contributed by atoms with van der Waals surface area (Å²) in [6.45, 7) is 10.5. The standard InChI is InChI=1S/C16H28ClNOS/c1-5-11-18-14(12-13-9-10-15(17)20-13)16(6-2,7-3)19-8-4/h9-10,14,18H,5-8,11-12H2,1-4H3. The molecule has 116 valence electrons. The molecule has 0 amide bonds. The van der Waals surface area contributed by atoms with Crippen LogP contribution in [0.4, 0.5) is 0 Å². The van der Waals surface area contributed by atoms with Crippen molar-refractivity contribution in [1.29, 1.82) is 0 Å². The fourth-order valence-electron chi connectivity index (χ4n) is 2.76.